The van der Waals surface area contributed by atoms with Crippen LogP contribution in [0.5, 0.6) is 11.5 Å². The second-order valence-corrected chi connectivity index (χ2v) is 10.3. The number of aromatic amines is 1. The number of H-pyrrole nitrogens is 1. The summed E-state index contributed by atoms with van der Waals surface area (Å²) >= 11 is 0. The highest BCUT2D eigenvalue weighted by atomic mass is 32.2. The predicted molar refractivity (Wildman–Crippen MR) is 141 cm³/mol. The van der Waals surface area contributed by atoms with Gasteiger partial charge in [-0.2, -0.15) is 0 Å². The number of benzene rings is 2. The topological polar surface area (TPSA) is 178 Å². The van der Waals surface area contributed by atoms with Crippen LogP contribution in [0.2, 0.25) is 0 Å². The minimum Gasteiger partial charge on any atom is -0.455 e. The number of nitrogens with zero attached hydrogens (tertiary/aromatic N) is 2. The van der Waals surface area contributed by atoms with Gasteiger partial charge in [-0.05, 0) is 36.4 Å². The van der Waals surface area contributed by atoms with E-state index < -0.39 is 31.4 Å². The zero-order valence-electron chi connectivity index (χ0n) is 20.4. The van der Waals surface area contributed by atoms with Crippen molar-refractivity contribution < 1.29 is 27.6 Å². The Morgan fingerprint density at radius 1 is 1.21 bits per heavy atom. The molecule has 0 bridgehead atoms. The third-order valence-corrected chi connectivity index (χ3v) is 7.29. The van der Waals surface area contributed by atoms with E-state index in [0.29, 0.717) is 31.1 Å². The molecule has 14 heteroatoms. The molecule has 1 saturated heterocycles. The number of carbonyl (C=O) groups excluding carboxylic acids is 1. The lowest BCUT2D eigenvalue weighted by Crippen LogP contribution is -2.42. The Kier molecular flexibility index (Phi) is 7.40. The van der Waals surface area contributed by atoms with Crippen LogP contribution in [0, 0.1) is 10.1 Å². The van der Waals surface area contributed by atoms with Gasteiger partial charge in [-0.25, -0.2) is 18.1 Å². The van der Waals surface area contributed by atoms with Gasteiger partial charge in [0.1, 0.15) is 22.8 Å². The van der Waals surface area contributed by atoms with Crippen LogP contribution < -0.4 is 20.1 Å². The van der Waals surface area contributed by atoms with Gasteiger partial charge >= 0.3 is 0 Å². The summed E-state index contributed by atoms with van der Waals surface area (Å²) in [6.07, 6.45) is 3.00. The molecule has 3 heterocycles. The Labute approximate surface area is 222 Å². The fourth-order valence-electron chi connectivity index (χ4n) is 4.04. The molecule has 0 saturated carbocycles. The molecule has 0 spiro atoms. The first-order chi connectivity index (χ1) is 18.8. The Morgan fingerprint density at radius 2 is 2.05 bits per heavy atom. The number of ether oxygens (including phenoxy) is 2. The molecule has 2 aromatic carbocycles. The molecule has 0 aliphatic carbocycles. The number of amides is 1. The first-order valence-corrected chi connectivity index (χ1v) is 13.4. The van der Waals surface area contributed by atoms with Crippen LogP contribution in [0.4, 0.5) is 11.4 Å². The van der Waals surface area contributed by atoms with Crippen LogP contribution in [0.25, 0.3) is 11.0 Å². The molecule has 4 N–H and O–H groups in total. The molecular formula is C25H24N6O7S. The highest BCUT2D eigenvalue weighted by Crippen LogP contribution is 2.29. The molecule has 4 aromatic rings. The summed E-state index contributed by atoms with van der Waals surface area (Å²) in [5.74, 6) is -0.516. The average molecular weight is 553 g/mol. The normalized spacial score (nSPS) is 15.5. The third-order valence-electron chi connectivity index (χ3n) is 5.96. The van der Waals surface area contributed by atoms with Gasteiger partial charge in [-0.3, -0.25) is 14.9 Å². The van der Waals surface area contributed by atoms with Gasteiger partial charge in [-0.1, -0.05) is 12.1 Å². The maximum Gasteiger partial charge on any atom is 0.293 e. The number of carbonyl (C=O) groups is 1. The number of aromatic nitrogens is 2. The van der Waals surface area contributed by atoms with E-state index in [4.69, 9.17) is 9.47 Å². The number of para-hydroxylation sites is 1. The number of anilines is 1. The molecule has 5 rings (SSSR count). The lowest BCUT2D eigenvalue weighted by molar-refractivity contribution is -0.384. The van der Waals surface area contributed by atoms with Crippen LogP contribution in [-0.2, 0) is 14.8 Å². The molecular weight excluding hydrogens is 528 g/mol. The number of hydrogen-bond acceptors (Lipinski definition) is 10. The smallest absolute Gasteiger partial charge is 0.293 e. The molecule has 202 valence electrons. The SMILES string of the molecule is O=C(NS(=O)(=O)c1ccc(NCC2CNCCO2)c([N+](=O)[O-])c1)c1ccccc1Oc1cnc2[nH]ccc2c1. The number of nitro benzene ring substituents is 1. The highest BCUT2D eigenvalue weighted by molar-refractivity contribution is 7.90. The number of nitrogens with one attached hydrogen (secondary N) is 4. The molecule has 1 aliphatic rings. The lowest BCUT2D eigenvalue weighted by atomic mass is 10.2. The first-order valence-electron chi connectivity index (χ1n) is 11.9. The van der Waals surface area contributed by atoms with Gasteiger partial charge in [0.05, 0.1) is 34.3 Å². The Hall–Kier alpha value is -4.53. The van der Waals surface area contributed by atoms with Gasteiger partial charge in [0, 0.05) is 37.3 Å². The third kappa shape index (κ3) is 5.98. The number of morpholine rings is 1. The maximum absolute atomic E-state index is 13.0. The van der Waals surface area contributed by atoms with E-state index in [1.807, 2.05) is 4.72 Å². The van der Waals surface area contributed by atoms with Crippen molar-refractivity contribution in [2.75, 3.05) is 31.6 Å². The molecule has 1 fully saturated rings. The van der Waals surface area contributed by atoms with E-state index >= 15 is 0 Å². The Balaban J connectivity index is 1.33. The molecule has 1 aliphatic heterocycles. The van der Waals surface area contributed by atoms with E-state index in [2.05, 4.69) is 20.6 Å². The quantitative estimate of drug-likeness (QED) is 0.178. The lowest BCUT2D eigenvalue weighted by Gasteiger charge is -2.24. The maximum atomic E-state index is 13.0. The Morgan fingerprint density at radius 3 is 2.85 bits per heavy atom. The van der Waals surface area contributed by atoms with Gasteiger partial charge < -0.3 is 25.1 Å². The summed E-state index contributed by atoms with van der Waals surface area (Å²) in [4.78, 5) is 30.8. The predicted octanol–water partition coefficient (Wildman–Crippen LogP) is 2.78. The van der Waals surface area contributed by atoms with E-state index in [1.165, 1.54) is 30.5 Å². The molecule has 2 aromatic heterocycles. The van der Waals surface area contributed by atoms with Crippen LogP contribution in [0.15, 0.2) is 71.9 Å². The molecule has 1 amide bonds. The largest absolute Gasteiger partial charge is 0.455 e. The van der Waals surface area contributed by atoms with E-state index in [9.17, 15) is 23.3 Å². The monoisotopic (exact) mass is 552 g/mol. The molecule has 0 radical (unpaired) electrons. The summed E-state index contributed by atoms with van der Waals surface area (Å²) in [6, 6.07) is 13.0. The number of fused-ring (bicyclic) bond motifs is 1. The fraction of sp³-hybridized carbons (Fsp3) is 0.200. The van der Waals surface area contributed by atoms with Crippen molar-refractivity contribution in [2.45, 2.75) is 11.0 Å². The van der Waals surface area contributed by atoms with Gasteiger partial charge in [-0.15, -0.1) is 0 Å². The minimum atomic E-state index is -4.47. The van der Waals surface area contributed by atoms with Crippen molar-refractivity contribution in [3.05, 3.63) is 82.7 Å². The van der Waals surface area contributed by atoms with E-state index in [1.54, 1.807) is 30.5 Å². The number of sulfonamides is 1. The molecule has 13 nitrogen and oxygen atoms in total. The van der Waals surface area contributed by atoms with Crippen molar-refractivity contribution in [3.63, 3.8) is 0 Å². The van der Waals surface area contributed by atoms with Crippen molar-refractivity contribution in [1.29, 1.82) is 0 Å². The fourth-order valence-corrected chi connectivity index (χ4v) is 5.02. The number of rotatable bonds is 9. The summed E-state index contributed by atoms with van der Waals surface area (Å²) in [7, 11) is -4.47. The summed E-state index contributed by atoms with van der Waals surface area (Å²) in [5, 5.41) is 18.6. The molecule has 1 atom stereocenters. The zero-order chi connectivity index (χ0) is 27.4. The second-order valence-electron chi connectivity index (χ2n) is 8.63. The van der Waals surface area contributed by atoms with E-state index in [-0.39, 0.29) is 23.1 Å². The molecule has 1 unspecified atom stereocenters. The number of pyridine rings is 1. The summed E-state index contributed by atoms with van der Waals surface area (Å²) in [5.41, 5.74) is 0.287. The van der Waals surface area contributed by atoms with Crippen LogP contribution in [-0.4, -0.2) is 61.6 Å². The molecule has 39 heavy (non-hydrogen) atoms. The van der Waals surface area contributed by atoms with Crippen LogP contribution in [0.3, 0.4) is 0 Å². The zero-order valence-corrected chi connectivity index (χ0v) is 21.2. The average Bonchev–Trinajstić information content (AvgIpc) is 3.40. The van der Waals surface area contributed by atoms with Crippen molar-refractivity contribution in [3.8, 4) is 11.5 Å². The van der Waals surface area contributed by atoms with E-state index in [0.717, 1.165) is 18.0 Å². The van der Waals surface area contributed by atoms with Crippen molar-refractivity contribution >= 4 is 38.3 Å². The minimum absolute atomic E-state index is 0.0517. The summed E-state index contributed by atoms with van der Waals surface area (Å²) in [6.45, 7) is 2.13. The Bertz CT molecular complexity index is 1630. The summed E-state index contributed by atoms with van der Waals surface area (Å²) < 4.78 is 39.4. The number of hydrogen-bond donors (Lipinski definition) is 4. The van der Waals surface area contributed by atoms with Gasteiger partial charge in [0.15, 0.2) is 0 Å². The first kappa shape index (κ1) is 26.1. The van der Waals surface area contributed by atoms with Gasteiger partial charge in [0.2, 0.25) is 0 Å². The number of nitro groups is 1. The highest BCUT2D eigenvalue weighted by Gasteiger charge is 2.26. The van der Waals surface area contributed by atoms with Crippen LogP contribution >= 0.6 is 0 Å². The standard InChI is InChI=1S/C25H24N6O7S/c32-25(20-3-1-2-4-23(20)38-17-11-16-7-8-27-24(16)29-14-17)30-39(35,36)19-5-6-21(22(12-19)31(33)34)28-15-18-13-26-9-10-37-18/h1-8,11-12,14,18,26,28H,9-10,13,15H2,(H,27,29)(H,30,32). The van der Waals surface area contributed by atoms with Crippen molar-refractivity contribution in [2.24, 2.45) is 0 Å². The second kappa shape index (κ2) is 11.1. The van der Waals surface area contributed by atoms with Crippen LogP contribution in [0.1, 0.15) is 10.4 Å². The van der Waals surface area contributed by atoms with Gasteiger partial charge in [0.25, 0.3) is 21.6 Å². The van der Waals surface area contributed by atoms with Crippen molar-refractivity contribution in [1.82, 2.24) is 20.0 Å².